The van der Waals surface area contributed by atoms with Crippen LogP contribution in [0.1, 0.15) is 23.6 Å². The predicted molar refractivity (Wildman–Crippen MR) is 139 cm³/mol. The summed E-state index contributed by atoms with van der Waals surface area (Å²) in [4.78, 5) is 11.5. The first-order valence-corrected chi connectivity index (χ1v) is 12.3. The van der Waals surface area contributed by atoms with Crippen LogP contribution in [0.4, 0.5) is 0 Å². The molecule has 4 rings (SSSR count). The Bertz CT molecular complexity index is 1140. The standard InChI is InChI=1S/C29H33NO8/c1-18(31)30-25-27(33)26(32)24(38-28(25)34)17-37-29(19-7-5-4-6-8-19,20-9-13-22(35-2)14-10-20)21-11-15-23(36-3)16-12-21/h4-16,24-28,32-34H,17H2,1-3H3,(H,30,31). The molecule has 1 aliphatic rings. The lowest BCUT2D eigenvalue weighted by atomic mass is 9.80. The average molecular weight is 524 g/mol. The van der Waals surface area contributed by atoms with Crippen LogP contribution >= 0.6 is 0 Å². The minimum atomic E-state index is -1.54. The maximum absolute atomic E-state index is 11.5. The molecule has 1 aliphatic heterocycles. The van der Waals surface area contributed by atoms with Crippen LogP contribution in [0.2, 0.25) is 0 Å². The van der Waals surface area contributed by atoms with Gasteiger partial charge in [0.05, 0.1) is 20.8 Å². The van der Waals surface area contributed by atoms with Gasteiger partial charge in [0.25, 0.3) is 0 Å². The summed E-state index contributed by atoms with van der Waals surface area (Å²) in [6.45, 7) is 1.05. The van der Waals surface area contributed by atoms with Gasteiger partial charge in [-0.3, -0.25) is 4.79 Å². The smallest absolute Gasteiger partial charge is 0.217 e. The highest BCUT2D eigenvalue weighted by Crippen LogP contribution is 2.42. The summed E-state index contributed by atoms with van der Waals surface area (Å²) in [5.41, 5.74) is 1.18. The van der Waals surface area contributed by atoms with Crippen LogP contribution < -0.4 is 14.8 Å². The van der Waals surface area contributed by atoms with Crippen molar-refractivity contribution in [3.8, 4) is 11.5 Å². The highest BCUT2D eigenvalue weighted by atomic mass is 16.6. The minimum absolute atomic E-state index is 0.199. The lowest BCUT2D eigenvalue weighted by Gasteiger charge is -2.43. The van der Waals surface area contributed by atoms with E-state index in [1.165, 1.54) is 6.92 Å². The van der Waals surface area contributed by atoms with E-state index in [1.54, 1.807) is 14.2 Å². The van der Waals surface area contributed by atoms with Gasteiger partial charge in [0.1, 0.15) is 41.5 Å². The third-order valence-electron chi connectivity index (χ3n) is 6.73. The zero-order valence-corrected chi connectivity index (χ0v) is 21.5. The van der Waals surface area contributed by atoms with Crippen molar-refractivity contribution in [3.05, 3.63) is 95.6 Å². The molecule has 1 amide bonds. The van der Waals surface area contributed by atoms with Gasteiger partial charge in [-0.25, -0.2) is 0 Å². The number of nitrogens with one attached hydrogen (secondary N) is 1. The summed E-state index contributed by atoms with van der Waals surface area (Å²) < 4.78 is 23.0. The lowest BCUT2D eigenvalue weighted by Crippen LogP contribution is -2.64. The molecule has 3 aromatic rings. The number of benzene rings is 3. The number of ether oxygens (including phenoxy) is 4. The summed E-state index contributed by atoms with van der Waals surface area (Å²) >= 11 is 0. The van der Waals surface area contributed by atoms with Crippen LogP contribution in [0.5, 0.6) is 11.5 Å². The Morgan fingerprint density at radius 1 is 0.816 bits per heavy atom. The van der Waals surface area contributed by atoms with Gasteiger partial charge < -0.3 is 39.6 Å². The fourth-order valence-electron chi connectivity index (χ4n) is 4.76. The molecule has 0 aliphatic carbocycles. The SMILES string of the molecule is COc1ccc(C(OCC2OC(O)C(NC(C)=O)C(O)C2O)(c2ccccc2)c2ccc(OC)cc2)cc1. The van der Waals surface area contributed by atoms with Crippen molar-refractivity contribution in [1.82, 2.24) is 5.32 Å². The normalized spacial score (nSPS) is 23.5. The molecule has 0 radical (unpaired) electrons. The molecule has 3 aromatic carbocycles. The zero-order valence-electron chi connectivity index (χ0n) is 21.5. The minimum Gasteiger partial charge on any atom is -0.497 e. The maximum atomic E-state index is 11.5. The predicted octanol–water partition coefficient (Wildman–Crippen LogP) is 1.96. The van der Waals surface area contributed by atoms with Crippen molar-refractivity contribution < 1.29 is 39.1 Å². The molecule has 9 heteroatoms. The third-order valence-corrected chi connectivity index (χ3v) is 6.73. The van der Waals surface area contributed by atoms with E-state index in [1.807, 2.05) is 78.9 Å². The van der Waals surface area contributed by atoms with E-state index in [4.69, 9.17) is 18.9 Å². The molecule has 202 valence electrons. The fraction of sp³-hybridized carbons (Fsp3) is 0.345. The molecule has 1 fully saturated rings. The summed E-state index contributed by atoms with van der Waals surface area (Å²) in [5.74, 6) is 0.874. The number of aliphatic hydroxyl groups is 3. The van der Waals surface area contributed by atoms with E-state index in [-0.39, 0.29) is 6.61 Å². The second kappa shape index (κ2) is 11.9. The molecule has 5 unspecified atom stereocenters. The van der Waals surface area contributed by atoms with Crippen molar-refractivity contribution in [3.63, 3.8) is 0 Å². The Hall–Kier alpha value is -3.47. The van der Waals surface area contributed by atoms with Gasteiger partial charge in [-0.05, 0) is 41.0 Å². The Kier molecular flexibility index (Phi) is 8.65. The molecule has 5 atom stereocenters. The number of rotatable bonds is 9. The van der Waals surface area contributed by atoms with E-state index in [0.717, 1.165) is 16.7 Å². The van der Waals surface area contributed by atoms with Crippen LogP contribution in [0.15, 0.2) is 78.9 Å². The number of hydrogen-bond acceptors (Lipinski definition) is 8. The van der Waals surface area contributed by atoms with Gasteiger partial charge in [0, 0.05) is 6.92 Å². The van der Waals surface area contributed by atoms with E-state index in [9.17, 15) is 20.1 Å². The van der Waals surface area contributed by atoms with Gasteiger partial charge in [0.2, 0.25) is 5.91 Å². The number of hydrogen-bond donors (Lipinski definition) is 4. The first kappa shape index (κ1) is 27.6. The van der Waals surface area contributed by atoms with Gasteiger partial charge in [-0.15, -0.1) is 0 Å². The maximum Gasteiger partial charge on any atom is 0.217 e. The molecular weight excluding hydrogens is 490 g/mol. The fourth-order valence-corrected chi connectivity index (χ4v) is 4.76. The van der Waals surface area contributed by atoms with E-state index < -0.39 is 42.2 Å². The molecule has 0 spiro atoms. The molecule has 0 bridgehead atoms. The second-order valence-corrected chi connectivity index (χ2v) is 9.09. The Morgan fingerprint density at radius 2 is 1.32 bits per heavy atom. The van der Waals surface area contributed by atoms with Crippen molar-refractivity contribution in [2.45, 2.75) is 43.2 Å². The van der Waals surface area contributed by atoms with Gasteiger partial charge in [-0.2, -0.15) is 0 Å². The van der Waals surface area contributed by atoms with Crippen LogP contribution in [0.3, 0.4) is 0 Å². The molecule has 0 aromatic heterocycles. The van der Waals surface area contributed by atoms with E-state index in [0.29, 0.717) is 11.5 Å². The largest absolute Gasteiger partial charge is 0.497 e. The number of amides is 1. The quantitative estimate of drug-likeness (QED) is 0.314. The molecule has 9 nitrogen and oxygen atoms in total. The first-order valence-electron chi connectivity index (χ1n) is 12.3. The van der Waals surface area contributed by atoms with Crippen LogP contribution in [-0.4, -0.2) is 72.7 Å². The number of carbonyl (C=O) groups excluding carboxylic acids is 1. The molecule has 0 saturated carbocycles. The summed E-state index contributed by atoms with van der Waals surface area (Å²) in [7, 11) is 3.18. The van der Waals surface area contributed by atoms with Crippen molar-refractivity contribution in [2.24, 2.45) is 0 Å². The number of aliphatic hydroxyl groups excluding tert-OH is 3. The average Bonchev–Trinajstić information content (AvgIpc) is 2.95. The van der Waals surface area contributed by atoms with Crippen molar-refractivity contribution in [1.29, 1.82) is 0 Å². The Morgan fingerprint density at radius 3 is 1.79 bits per heavy atom. The first-order chi connectivity index (χ1) is 18.3. The van der Waals surface area contributed by atoms with Crippen LogP contribution in [-0.2, 0) is 19.9 Å². The second-order valence-electron chi connectivity index (χ2n) is 9.09. The van der Waals surface area contributed by atoms with Crippen LogP contribution in [0, 0.1) is 0 Å². The Balaban J connectivity index is 1.76. The van der Waals surface area contributed by atoms with Gasteiger partial charge in [0.15, 0.2) is 6.29 Å². The molecular formula is C29H33NO8. The molecule has 38 heavy (non-hydrogen) atoms. The summed E-state index contributed by atoms with van der Waals surface area (Å²) in [6.07, 6.45) is -5.54. The van der Waals surface area contributed by atoms with Gasteiger partial charge >= 0.3 is 0 Å². The topological polar surface area (TPSA) is 127 Å². The monoisotopic (exact) mass is 523 g/mol. The van der Waals surface area contributed by atoms with E-state index in [2.05, 4.69) is 5.32 Å². The van der Waals surface area contributed by atoms with Crippen molar-refractivity contribution >= 4 is 5.91 Å². The summed E-state index contributed by atoms with van der Waals surface area (Å²) in [6, 6.07) is 23.3. The van der Waals surface area contributed by atoms with Gasteiger partial charge in [-0.1, -0.05) is 54.6 Å². The molecule has 1 saturated heterocycles. The highest BCUT2D eigenvalue weighted by Gasteiger charge is 2.46. The van der Waals surface area contributed by atoms with Crippen molar-refractivity contribution in [2.75, 3.05) is 20.8 Å². The van der Waals surface area contributed by atoms with Crippen LogP contribution in [0.25, 0.3) is 0 Å². The number of carbonyl (C=O) groups is 1. The summed E-state index contributed by atoms with van der Waals surface area (Å²) in [5, 5.41) is 34.4. The zero-order chi connectivity index (χ0) is 27.3. The highest BCUT2D eigenvalue weighted by molar-refractivity contribution is 5.73. The molecule has 1 heterocycles. The lowest BCUT2D eigenvalue weighted by molar-refractivity contribution is -0.261. The Labute approximate surface area is 221 Å². The van der Waals surface area contributed by atoms with E-state index >= 15 is 0 Å². The molecule has 4 N–H and O–H groups in total. The number of methoxy groups -OCH3 is 2. The third kappa shape index (κ3) is 5.52.